The third kappa shape index (κ3) is 6.26. The molecule has 1 heterocycles. The predicted molar refractivity (Wildman–Crippen MR) is 111 cm³/mol. The lowest BCUT2D eigenvalue weighted by Gasteiger charge is -2.45. The molecule has 136 valence electrons. The van der Waals surface area contributed by atoms with Crippen LogP contribution in [0.1, 0.15) is 39.0 Å². The van der Waals surface area contributed by atoms with Crippen molar-refractivity contribution in [1.82, 2.24) is 10.2 Å². The molecule has 1 aliphatic heterocycles. The Morgan fingerprint density at radius 3 is 2.61 bits per heavy atom. The third-order valence-electron chi connectivity index (χ3n) is 4.66. The zero-order chi connectivity index (χ0) is 16.1. The Labute approximate surface area is 162 Å². The van der Waals surface area contributed by atoms with Gasteiger partial charge in [-0.3, -0.25) is 4.99 Å². The lowest BCUT2D eigenvalue weighted by Crippen LogP contribution is -2.53. The summed E-state index contributed by atoms with van der Waals surface area (Å²) < 4.78 is 23.6. The van der Waals surface area contributed by atoms with E-state index in [1.165, 1.54) is 32.1 Å². The number of nitrogens with one attached hydrogen (secondary N) is 1. The van der Waals surface area contributed by atoms with Crippen LogP contribution in [0.15, 0.2) is 4.99 Å². The second-order valence-electron chi connectivity index (χ2n) is 6.22. The first kappa shape index (κ1) is 21.3. The highest BCUT2D eigenvalue weighted by atomic mass is 127. The maximum absolute atomic E-state index is 11.6. The summed E-state index contributed by atoms with van der Waals surface area (Å²) in [5.41, 5.74) is 0. The Kier molecular flexibility index (Phi) is 9.00. The quantitative estimate of drug-likeness (QED) is 0.385. The number of hydrogen-bond donors (Lipinski definition) is 1. The van der Waals surface area contributed by atoms with E-state index >= 15 is 0 Å². The minimum absolute atomic E-state index is 0. The summed E-state index contributed by atoms with van der Waals surface area (Å²) in [6, 6.07) is 0. The van der Waals surface area contributed by atoms with E-state index in [0.29, 0.717) is 11.3 Å². The summed E-state index contributed by atoms with van der Waals surface area (Å²) in [7, 11) is -1.14. The molecule has 1 aliphatic carbocycles. The lowest BCUT2D eigenvalue weighted by molar-refractivity contribution is 0.293. The molecule has 2 fully saturated rings. The molecule has 2 aliphatic rings. The van der Waals surface area contributed by atoms with Crippen LogP contribution >= 0.6 is 35.7 Å². The zero-order valence-corrected chi connectivity index (χ0v) is 18.2. The van der Waals surface area contributed by atoms with Crippen molar-refractivity contribution in [1.29, 1.82) is 0 Å². The first-order valence-electron chi connectivity index (χ1n) is 8.30. The van der Waals surface area contributed by atoms with Gasteiger partial charge in [0.15, 0.2) is 15.8 Å². The Morgan fingerprint density at radius 2 is 2.00 bits per heavy atom. The molecule has 1 saturated heterocycles. The molecule has 0 unspecified atom stereocenters. The molecule has 0 aromatic carbocycles. The number of nitrogens with zero attached hydrogens (tertiary/aromatic N) is 2. The van der Waals surface area contributed by atoms with Crippen LogP contribution in [0.2, 0.25) is 0 Å². The molecule has 5 nitrogen and oxygen atoms in total. The van der Waals surface area contributed by atoms with E-state index in [1.54, 1.807) is 14.0 Å². The molecule has 23 heavy (non-hydrogen) atoms. The summed E-state index contributed by atoms with van der Waals surface area (Å²) in [6.45, 7) is 4.17. The van der Waals surface area contributed by atoms with Crippen LogP contribution in [0.4, 0.5) is 0 Å². The SMILES string of the molecule is CCS(=O)(=O)CCNC(=NC)N1CCSC2(CCCCC2)C1.I. The van der Waals surface area contributed by atoms with Crippen molar-refractivity contribution in [2.75, 3.05) is 43.9 Å². The van der Waals surface area contributed by atoms with Crippen LogP contribution in [-0.2, 0) is 9.84 Å². The highest BCUT2D eigenvalue weighted by Gasteiger charge is 2.38. The van der Waals surface area contributed by atoms with Crippen molar-refractivity contribution in [2.24, 2.45) is 4.99 Å². The van der Waals surface area contributed by atoms with Gasteiger partial charge in [0.2, 0.25) is 0 Å². The number of thioether (sulfide) groups is 1. The van der Waals surface area contributed by atoms with Gasteiger partial charge in [-0.2, -0.15) is 11.8 Å². The topological polar surface area (TPSA) is 61.8 Å². The minimum atomic E-state index is -2.92. The van der Waals surface area contributed by atoms with Crippen molar-refractivity contribution < 1.29 is 8.42 Å². The van der Waals surface area contributed by atoms with E-state index in [9.17, 15) is 8.42 Å². The maximum Gasteiger partial charge on any atom is 0.193 e. The van der Waals surface area contributed by atoms with Gasteiger partial charge in [-0.25, -0.2) is 8.42 Å². The van der Waals surface area contributed by atoms with Crippen LogP contribution < -0.4 is 5.32 Å². The van der Waals surface area contributed by atoms with E-state index in [2.05, 4.69) is 27.0 Å². The van der Waals surface area contributed by atoms with Gasteiger partial charge in [0.1, 0.15) is 0 Å². The van der Waals surface area contributed by atoms with Crippen molar-refractivity contribution in [3.05, 3.63) is 0 Å². The van der Waals surface area contributed by atoms with Gasteiger partial charge in [-0.15, -0.1) is 24.0 Å². The lowest BCUT2D eigenvalue weighted by atomic mass is 9.87. The van der Waals surface area contributed by atoms with Gasteiger partial charge >= 0.3 is 0 Å². The van der Waals surface area contributed by atoms with Gasteiger partial charge < -0.3 is 10.2 Å². The third-order valence-corrected chi connectivity index (χ3v) is 7.90. The fourth-order valence-corrected chi connectivity index (χ4v) is 5.59. The van der Waals surface area contributed by atoms with E-state index in [4.69, 9.17) is 0 Å². The first-order valence-corrected chi connectivity index (χ1v) is 11.1. The molecule has 0 aromatic rings. The standard InChI is InChI=1S/C15H29N3O2S2.HI/c1-3-22(19,20)12-9-17-14(16-2)18-10-11-21-15(13-18)7-5-4-6-8-15;/h3-13H2,1-2H3,(H,16,17);1H. The number of sulfone groups is 1. The predicted octanol–water partition coefficient (Wildman–Crippen LogP) is 2.37. The van der Waals surface area contributed by atoms with Crippen LogP contribution in [0.5, 0.6) is 0 Å². The summed E-state index contributed by atoms with van der Waals surface area (Å²) in [6.07, 6.45) is 6.64. The molecule has 1 saturated carbocycles. The molecule has 0 atom stereocenters. The molecule has 8 heteroatoms. The summed E-state index contributed by atoms with van der Waals surface area (Å²) in [5.74, 6) is 2.37. The fourth-order valence-electron chi connectivity index (χ4n) is 3.32. The van der Waals surface area contributed by atoms with E-state index in [-0.39, 0.29) is 35.5 Å². The molecule has 0 bridgehead atoms. The number of hydrogen-bond acceptors (Lipinski definition) is 4. The van der Waals surface area contributed by atoms with Gasteiger partial charge in [0.05, 0.1) is 5.75 Å². The first-order chi connectivity index (χ1) is 10.5. The van der Waals surface area contributed by atoms with Crippen LogP contribution in [0.3, 0.4) is 0 Å². The monoisotopic (exact) mass is 475 g/mol. The van der Waals surface area contributed by atoms with Gasteiger partial charge in [0, 0.05) is 42.9 Å². The molecule has 0 amide bonds. The average Bonchev–Trinajstić information content (AvgIpc) is 2.52. The van der Waals surface area contributed by atoms with Crippen molar-refractivity contribution in [3.8, 4) is 0 Å². The number of aliphatic imine (C=N–C) groups is 1. The van der Waals surface area contributed by atoms with E-state index < -0.39 is 9.84 Å². The Balaban J connectivity index is 0.00000264. The smallest absolute Gasteiger partial charge is 0.193 e. The van der Waals surface area contributed by atoms with Crippen molar-refractivity contribution in [3.63, 3.8) is 0 Å². The van der Waals surface area contributed by atoms with Crippen molar-refractivity contribution in [2.45, 2.75) is 43.8 Å². The number of rotatable bonds is 4. The second-order valence-corrected chi connectivity index (χ2v) is 10.3. The van der Waals surface area contributed by atoms with Gasteiger partial charge in [0.25, 0.3) is 0 Å². The van der Waals surface area contributed by atoms with Crippen molar-refractivity contribution >= 4 is 51.5 Å². The average molecular weight is 475 g/mol. The molecule has 1 N–H and O–H groups in total. The largest absolute Gasteiger partial charge is 0.355 e. The maximum atomic E-state index is 11.6. The van der Waals surface area contributed by atoms with Crippen LogP contribution in [0, 0.1) is 0 Å². The fraction of sp³-hybridized carbons (Fsp3) is 0.933. The molecule has 2 rings (SSSR count). The van der Waals surface area contributed by atoms with Gasteiger partial charge in [-0.05, 0) is 12.8 Å². The number of guanidine groups is 1. The van der Waals surface area contributed by atoms with Crippen LogP contribution in [-0.4, -0.2) is 68.0 Å². The Hall–Kier alpha value is 0.300. The van der Waals surface area contributed by atoms with E-state index in [1.807, 2.05) is 0 Å². The molecule has 1 spiro atoms. The molecule has 0 aromatic heterocycles. The Bertz CT molecular complexity index is 485. The van der Waals surface area contributed by atoms with Gasteiger partial charge in [-0.1, -0.05) is 26.2 Å². The normalized spacial score (nSPS) is 21.8. The zero-order valence-electron chi connectivity index (χ0n) is 14.2. The Morgan fingerprint density at radius 1 is 1.30 bits per heavy atom. The highest BCUT2D eigenvalue weighted by Crippen LogP contribution is 2.42. The van der Waals surface area contributed by atoms with E-state index in [0.717, 1.165) is 24.8 Å². The minimum Gasteiger partial charge on any atom is -0.355 e. The molecular weight excluding hydrogens is 445 g/mol. The summed E-state index contributed by atoms with van der Waals surface area (Å²) in [4.78, 5) is 6.68. The van der Waals surface area contributed by atoms with Crippen LogP contribution in [0.25, 0.3) is 0 Å². The summed E-state index contributed by atoms with van der Waals surface area (Å²) >= 11 is 2.13. The molecular formula is C15H30IN3O2S2. The molecule has 0 radical (unpaired) electrons. The summed E-state index contributed by atoms with van der Waals surface area (Å²) in [5, 5.41) is 3.24. The highest BCUT2D eigenvalue weighted by molar-refractivity contribution is 14.0. The second kappa shape index (κ2) is 9.70. The number of halogens is 1.